The first-order chi connectivity index (χ1) is 13.1. The average Bonchev–Trinajstić information content (AvgIpc) is 3.05. The van der Waals surface area contributed by atoms with Gasteiger partial charge in [-0.25, -0.2) is 15.0 Å². The van der Waals surface area contributed by atoms with Crippen molar-refractivity contribution in [3.8, 4) is 0 Å². The van der Waals surface area contributed by atoms with Crippen LogP contribution in [0.15, 0.2) is 48.9 Å². The summed E-state index contributed by atoms with van der Waals surface area (Å²) in [5.41, 5.74) is 6.61. The molecule has 4 aromatic heterocycles. The van der Waals surface area contributed by atoms with Crippen LogP contribution in [-0.4, -0.2) is 19.9 Å². The maximum absolute atomic E-state index is 5.82. The molecule has 0 aliphatic rings. The van der Waals surface area contributed by atoms with Crippen molar-refractivity contribution in [2.24, 2.45) is 0 Å². The van der Waals surface area contributed by atoms with Gasteiger partial charge < -0.3 is 10.3 Å². The first-order valence-electron chi connectivity index (χ1n) is 8.82. The van der Waals surface area contributed by atoms with E-state index < -0.39 is 0 Å². The number of rotatable bonds is 5. The average molecular weight is 378 g/mol. The highest BCUT2D eigenvalue weighted by Gasteiger charge is 2.09. The number of aryl methyl sites for hydroxylation is 2. The summed E-state index contributed by atoms with van der Waals surface area (Å²) >= 11 is 5.82. The van der Waals surface area contributed by atoms with Crippen LogP contribution in [0, 0.1) is 13.8 Å². The Morgan fingerprint density at radius 2 is 1.93 bits per heavy atom. The summed E-state index contributed by atoms with van der Waals surface area (Å²) in [4.78, 5) is 16.5. The van der Waals surface area contributed by atoms with E-state index in [1.165, 1.54) is 16.5 Å². The molecular weight excluding hydrogens is 358 g/mol. The Bertz CT molecular complexity index is 1090. The molecule has 0 amide bonds. The molecule has 2 N–H and O–H groups in total. The van der Waals surface area contributed by atoms with Crippen LogP contribution in [0.2, 0.25) is 5.15 Å². The fraction of sp³-hybridized carbons (Fsp3) is 0.190. The molecule has 0 aromatic carbocycles. The minimum atomic E-state index is 0.500. The molecule has 4 heterocycles. The molecule has 0 bridgehead atoms. The second-order valence-electron chi connectivity index (χ2n) is 6.68. The van der Waals surface area contributed by atoms with Crippen LogP contribution in [0.1, 0.15) is 27.9 Å². The maximum Gasteiger partial charge on any atom is 0.137 e. The number of nitrogens with zero attached hydrogens (tertiary/aromatic N) is 3. The second-order valence-corrected chi connectivity index (χ2v) is 7.07. The normalized spacial score (nSPS) is 11.1. The van der Waals surface area contributed by atoms with Crippen molar-refractivity contribution >= 4 is 28.5 Å². The number of hydrogen-bond acceptors (Lipinski definition) is 4. The van der Waals surface area contributed by atoms with Crippen LogP contribution < -0.4 is 5.32 Å². The number of aromatic nitrogens is 4. The first-order valence-corrected chi connectivity index (χ1v) is 9.20. The first kappa shape index (κ1) is 17.5. The molecule has 4 aromatic rings. The Morgan fingerprint density at radius 1 is 1.04 bits per heavy atom. The van der Waals surface area contributed by atoms with Gasteiger partial charge in [0.1, 0.15) is 16.6 Å². The molecule has 0 aliphatic carbocycles. The fourth-order valence-electron chi connectivity index (χ4n) is 3.09. The SMILES string of the molecule is Cc1cnc2[nH]cc(Cc3ccc(NCc4ccc(Cl)nc4)nc3C)c2c1. The van der Waals surface area contributed by atoms with Gasteiger partial charge in [0.15, 0.2) is 0 Å². The summed E-state index contributed by atoms with van der Waals surface area (Å²) < 4.78 is 0. The third-order valence-electron chi connectivity index (χ3n) is 4.59. The van der Waals surface area contributed by atoms with Crippen molar-refractivity contribution in [3.05, 3.63) is 82.0 Å². The molecule has 4 rings (SSSR count). The number of fused-ring (bicyclic) bond motifs is 1. The molecule has 136 valence electrons. The number of aromatic amines is 1. The Kier molecular flexibility index (Phi) is 4.77. The van der Waals surface area contributed by atoms with Crippen molar-refractivity contribution in [1.82, 2.24) is 19.9 Å². The van der Waals surface area contributed by atoms with Gasteiger partial charge in [0.05, 0.1) is 0 Å². The van der Waals surface area contributed by atoms with Gasteiger partial charge in [0, 0.05) is 42.6 Å². The zero-order valence-electron chi connectivity index (χ0n) is 15.3. The van der Waals surface area contributed by atoms with Crippen molar-refractivity contribution in [2.45, 2.75) is 26.8 Å². The lowest BCUT2D eigenvalue weighted by atomic mass is 10.0. The maximum atomic E-state index is 5.82. The third kappa shape index (κ3) is 3.93. The van der Waals surface area contributed by atoms with E-state index in [0.29, 0.717) is 11.7 Å². The molecule has 0 atom stereocenters. The van der Waals surface area contributed by atoms with E-state index in [2.05, 4.69) is 39.3 Å². The predicted molar refractivity (Wildman–Crippen MR) is 109 cm³/mol. The Labute approximate surface area is 162 Å². The topological polar surface area (TPSA) is 66.5 Å². The summed E-state index contributed by atoms with van der Waals surface area (Å²) in [6.07, 6.45) is 6.51. The van der Waals surface area contributed by atoms with Crippen LogP contribution in [0.4, 0.5) is 5.82 Å². The number of hydrogen-bond donors (Lipinski definition) is 2. The number of H-pyrrole nitrogens is 1. The second kappa shape index (κ2) is 7.37. The van der Waals surface area contributed by atoms with Gasteiger partial charge in [-0.2, -0.15) is 0 Å². The van der Waals surface area contributed by atoms with E-state index >= 15 is 0 Å². The van der Waals surface area contributed by atoms with Crippen LogP contribution in [0.3, 0.4) is 0 Å². The van der Waals surface area contributed by atoms with E-state index in [4.69, 9.17) is 16.6 Å². The largest absolute Gasteiger partial charge is 0.366 e. The molecular formula is C21H20ClN5. The highest BCUT2D eigenvalue weighted by molar-refractivity contribution is 6.29. The van der Waals surface area contributed by atoms with Gasteiger partial charge >= 0.3 is 0 Å². The van der Waals surface area contributed by atoms with Gasteiger partial charge in [-0.05, 0) is 54.3 Å². The van der Waals surface area contributed by atoms with E-state index in [-0.39, 0.29) is 0 Å². The quantitative estimate of drug-likeness (QED) is 0.489. The van der Waals surface area contributed by atoms with Gasteiger partial charge in [-0.1, -0.05) is 23.7 Å². The lowest BCUT2D eigenvalue weighted by Crippen LogP contribution is -2.04. The molecule has 0 spiro atoms. The van der Waals surface area contributed by atoms with Crippen molar-refractivity contribution in [3.63, 3.8) is 0 Å². The Morgan fingerprint density at radius 3 is 2.70 bits per heavy atom. The zero-order chi connectivity index (χ0) is 18.8. The summed E-state index contributed by atoms with van der Waals surface area (Å²) in [5.74, 6) is 0.850. The third-order valence-corrected chi connectivity index (χ3v) is 4.82. The monoisotopic (exact) mass is 377 g/mol. The lowest BCUT2D eigenvalue weighted by Gasteiger charge is -2.10. The van der Waals surface area contributed by atoms with Crippen LogP contribution in [0.5, 0.6) is 0 Å². The molecule has 0 fully saturated rings. The number of nitrogens with one attached hydrogen (secondary N) is 2. The number of anilines is 1. The minimum absolute atomic E-state index is 0.500. The van der Waals surface area contributed by atoms with Crippen molar-refractivity contribution in [1.29, 1.82) is 0 Å². The molecule has 0 unspecified atom stereocenters. The molecule has 0 radical (unpaired) electrons. The van der Waals surface area contributed by atoms with E-state index in [1.54, 1.807) is 12.3 Å². The summed E-state index contributed by atoms with van der Waals surface area (Å²) in [7, 11) is 0. The Balaban J connectivity index is 1.49. The molecule has 6 heteroatoms. The van der Waals surface area contributed by atoms with Crippen LogP contribution in [0.25, 0.3) is 11.0 Å². The van der Waals surface area contributed by atoms with Gasteiger partial charge in [-0.3, -0.25) is 0 Å². The highest BCUT2D eigenvalue weighted by atomic mass is 35.5. The molecule has 27 heavy (non-hydrogen) atoms. The van der Waals surface area contributed by atoms with E-state index in [0.717, 1.165) is 34.7 Å². The molecule has 0 saturated carbocycles. The van der Waals surface area contributed by atoms with Crippen molar-refractivity contribution in [2.75, 3.05) is 5.32 Å². The molecule has 0 saturated heterocycles. The summed E-state index contributed by atoms with van der Waals surface area (Å²) in [6, 6.07) is 10.1. The smallest absolute Gasteiger partial charge is 0.137 e. The zero-order valence-corrected chi connectivity index (χ0v) is 16.0. The minimum Gasteiger partial charge on any atom is -0.366 e. The molecule has 5 nitrogen and oxygen atoms in total. The highest BCUT2D eigenvalue weighted by Crippen LogP contribution is 2.22. The standard InChI is InChI=1S/C21H20ClN5/c1-13-7-18-17(12-26-21(18)25-9-13)8-16-4-6-20(27-14(16)2)24-11-15-3-5-19(22)23-10-15/h3-7,9-10,12H,8,11H2,1-2H3,(H,24,27)(H,25,26). The summed E-state index contributed by atoms with van der Waals surface area (Å²) in [6.45, 7) is 4.76. The van der Waals surface area contributed by atoms with Crippen LogP contribution >= 0.6 is 11.6 Å². The van der Waals surface area contributed by atoms with Gasteiger partial charge in [0.25, 0.3) is 0 Å². The van der Waals surface area contributed by atoms with Gasteiger partial charge in [0.2, 0.25) is 0 Å². The van der Waals surface area contributed by atoms with E-state index in [9.17, 15) is 0 Å². The Hall–Kier alpha value is -2.92. The summed E-state index contributed by atoms with van der Waals surface area (Å²) in [5, 5.41) is 5.01. The predicted octanol–water partition coefficient (Wildman–Crippen LogP) is 4.83. The van der Waals surface area contributed by atoms with Crippen molar-refractivity contribution < 1.29 is 0 Å². The number of pyridine rings is 3. The lowest BCUT2D eigenvalue weighted by molar-refractivity contribution is 1.04. The number of halogens is 1. The van der Waals surface area contributed by atoms with Gasteiger partial charge in [-0.15, -0.1) is 0 Å². The van der Waals surface area contributed by atoms with Crippen LogP contribution in [-0.2, 0) is 13.0 Å². The molecule has 0 aliphatic heterocycles. The van der Waals surface area contributed by atoms with E-state index in [1.807, 2.05) is 31.5 Å². The fourth-order valence-corrected chi connectivity index (χ4v) is 3.20.